The van der Waals surface area contributed by atoms with Gasteiger partial charge in [-0.1, -0.05) is 6.07 Å². The number of hydrogen-bond acceptors (Lipinski definition) is 7. The molecule has 1 aliphatic heterocycles. The molecule has 158 valence electrons. The monoisotopic (exact) mass is 434 g/mol. The van der Waals surface area contributed by atoms with Gasteiger partial charge in [-0.25, -0.2) is 4.98 Å². The van der Waals surface area contributed by atoms with E-state index in [1.54, 1.807) is 0 Å². The van der Waals surface area contributed by atoms with Gasteiger partial charge >= 0.3 is 0 Å². The van der Waals surface area contributed by atoms with Crippen molar-refractivity contribution in [1.82, 2.24) is 4.98 Å². The summed E-state index contributed by atoms with van der Waals surface area (Å²) in [5, 5.41) is 12.3. The number of rotatable bonds is 7. The molecule has 2 aromatic carbocycles. The minimum absolute atomic E-state index is 0.0418. The quantitative estimate of drug-likeness (QED) is 0.438. The smallest absolute Gasteiger partial charge is 0.231 e. The molecule has 2 heterocycles. The zero-order valence-corrected chi connectivity index (χ0v) is 18.4. The van der Waals surface area contributed by atoms with Gasteiger partial charge in [-0.3, -0.25) is 0 Å². The normalized spacial score (nSPS) is 12.7. The highest BCUT2D eigenvalue weighted by atomic mass is 32.1. The van der Waals surface area contributed by atoms with Gasteiger partial charge in [0.15, 0.2) is 23.0 Å². The van der Waals surface area contributed by atoms with Crippen molar-refractivity contribution in [3.05, 3.63) is 52.3 Å². The van der Waals surface area contributed by atoms with Crippen LogP contribution in [0.1, 0.15) is 31.3 Å². The summed E-state index contributed by atoms with van der Waals surface area (Å²) in [6, 6.07) is 13.6. The Bertz CT molecular complexity index is 1160. The third-order valence-electron chi connectivity index (χ3n) is 4.46. The van der Waals surface area contributed by atoms with Crippen molar-refractivity contribution in [2.45, 2.75) is 26.9 Å². The highest BCUT2D eigenvalue weighted by Gasteiger charge is 2.16. The van der Waals surface area contributed by atoms with E-state index in [0.29, 0.717) is 34.4 Å². The summed E-state index contributed by atoms with van der Waals surface area (Å²) >= 11 is 1.43. The first-order chi connectivity index (χ1) is 15.1. The molecule has 1 aromatic heterocycles. The predicted octanol–water partition coefficient (Wildman–Crippen LogP) is 5.79. The molecule has 0 saturated carbocycles. The van der Waals surface area contributed by atoms with E-state index in [4.69, 9.17) is 18.9 Å². The number of nitriles is 1. The van der Waals surface area contributed by atoms with Crippen LogP contribution in [0, 0.1) is 11.3 Å². The summed E-state index contributed by atoms with van der Waals surface area (Å²) in [6.45, 7) is 6.62. The van der Waals surface area contributed by atoms with Crippen molar-refractivity contribution in [3.8, 4) is 40.3 Å². The molecule has 0 fully saturated rings. The fourth-order valence-electron chi connectivity index (χ4n) is 3.13. The van der Waals surface area contributed by atoms with Gasteiger partial charge in [0.25, 0.3) is 0 Å². The van der Waals surface area contributed by atoms with Gasteiger partial charge in [0, 0.05) is 10.9 Å². The maximum absolute atomic E-state index is 9.75. The molecule has 4 rings (SSSR count). The lowest BCUT2D eigenvalue weighted by Gasteiger charge is -2.15. The maximum Gasteiger partial charge on any atom is 0.231 e. The topological polar surface area (TPSA) is 73.6 Å². The van der Waals surface area contributed by atoms with E-state index < -0.39 is 0 Å². The van der Waals surface area contributed by atoms with Gasteiger partial charge in [-0.05, 0) is 62.7 Å². The SMILES string of the molecule is CCOc1cc(/C=C(\C#N)c2nc(-c3ccc4c(c3)OCO4)cs2)ccc1OC(C)C. The molecule has 6 nitrogen and oxygen atoms in total. The van der Waals surface area contributed by atoms with Crippen molar-refractivity contribution < 1.29 is 18.9 Å². The third-order valence-corrected chi connectivity index (χ3v) is 5.34. The second-order valence-electron chi connectivity index (χ2n) is 7.08. The van der Waals surface area contributed by atoms with Crippen LogP contribution in [-0.4, -0.2) is 24.5 Å². The molecular formula is C24H22N2O4S. The molecular weight excluding hydrogens is 412 g/mol. The molecule has 0 atom stereocenters. The minimum atomic E-state index is 0.0418. The van der Waals surface area contributed by atoms with Gasteiger partial charge < -0.3 is 18.9 Å². The summed E-state index contributed by atoms with van der Waals surface area (Å²) < 4.78 is 22.3. The van der Waals surface area contributed by atoms with Gasteiger partial charge in [-0.2, -0.15) is 5.26 Å². The van der Waals surface area contributed by atoms with Crippen molar-refractivity contribution in [2.75, 3.05) is 13.4 Å². The number of aromatic nitrogens is 1. The van der Waals surface area contributed by atoms with E-state index in [-0.39, 0.29) is 12.9 Å². The fourth-order valence-corrected chi connectivity index (χ4v) is 3.92. The highest BCUT2D eigenvalue weighted by Crippen LogP contribution is 2.37. The average molecular weight is 435 g/mol. The van der Waals surface area contributed by atoms with E-state index >= 15 is 0 Å². The van der Waals surface area contributed by atoms with Crippen LogP contribution in [0.3, 0.4) is 0 Å². The molecule has 31 heavy (non-hydrogen) atoms. The van der Waals surface area contributed by atoms with Crippen molar-refractivity contribution in [3.63, 3.8) is 0 Å². The van der Waals surface area contributed by atoms with Gasteiger partial charge in [0.05, 0.1) is 24.0 Å². The number of fused-ring (bicyclic) bond motifs is 1. The van der Waals surface area contributed by atoms with E-state index in [2.05, 4.69) is 11.1 Å². The Morgan fingerprint density at radius 2 is 2.03 bits per heavy atom. The Morgan fingerprint density at radius 1 is 1.19 bits per heavy atom. The number of benzene rings is 2. The molecule has 0 bridgehead atoms. The molecule has 0 aliphatic carbocycles. The molecule has 0 amide bonds. The first-order valence-corrected chi connectivity index (χ1v) is 10.9. The van der Waals surface area contributed by atoms with Crippen LogP contribution in [0.25, 0.3) is 22.9 Å². The standard InChI is InChI=1S/C24H22N2O4S/c1-4-27-22-10-16(5-7-21(22)30-15(2)3)9-18(12-25)24-26-19(13-31-24)17-6-8-20-23(11-17)29-14-28-20/h5-11,13,15H,4,14H2,1-3H3/b18-9+. The van der Waals surface area contributed by atoms with E-state index in [1.165, 1.54) is 11.3 Å². The maximum atomic E-state index is 9.75. The second-order valence-corrected chi connectivity index (χ2v) is 7.94. The molecule has 0 radical (unpaired) electrons. The molecule has 3 aromatic rings. The van der Waals surface area contributed by atoms with Crippen molar-refractivity contribution in [1.29, 1.82) is 5.26 Å². The third kappa shape index (κ3) is 4.65. The molecule has 0 spiro atoms. The summed E-state index contributed by atoms with van der Waals surface area (Å²) in [5.41, 5.74) is 3.03. The molecule has 1 aliphatic rings. The lowest BCUT2D eigenvalue weighted by molar-refractivity contribution is 0.174. The van der Waals surface area contributed by atoms with E-state index in [0.717, 1.165) is 22.6 Å². The van der Waals surface area contributed by atoms with Crippen LogP contribution in [0.2, 0.25) is 0 Å². The van der Waals surface area contributed by atoms with Crippen molar-refractivity contribution in [2.24, 2.45) is 0 Å². The largest absolute Gasteiger partial charge is 0.490 e. The van der Waals surface area contributed by atoms with Crippen LogP contribution < -0.4 is 18.9 Å². The Balaban J connectivity index is 1.62. The summed E-state index contributed by atoms with van der Waals surface area (Å²) in [4.78, 5) is 4.66. The number of hydrogen-bond donors (Lipinski definition) is 0. The Hall–Kier alpha value is -3.50. The predicted molar refractivity (Wildman–Crippen MR) is 121 cm³/mol. The molecule has 0 saturated heterocycles. The van der Waals surface area contributed by atoms with Gasteiger partial charge in [0.1, 0.15) is 11.1 Å². The first-order valence-electron chi connectivity index (χ1n) is 9.98. The Kier molecular flexibility index (Phi) is 6.10. The minimum Gasteiger partial charge on any atom is -0.490 e. The van der Waals surface area contributed by atoms with E-state index in [9.17, 15) is 5.26 Å². The lowest BCUT2D eigenvalue weighted by Crippen LogP contribution is -2.07. The fraction of sp³-hybridized carbons (Fsp3) is 0.250. The number of thiazole rings is 1. The van der Waals surface area contributed by atoms with Crippen molar-refractivity contribution >= 4 is 23.0 Å². The molecule has 7 heteroatoms. The second kappa shape index (κ2) is 9.11. The molecule has 0 N–H and O–H groups in total. The highest BCUT2D eigenvalue weighted by molar-refractivity contribution is 7.11. The van der Waals surface area contributed by atoms with Crippen LogP contribution in [0.4, 0.5) is 0 Å². The van der Waals surface area contributed by atoms with Crippen LogP contribution >= 0.6 is 11.3 Å². The zero-order chi connectivity index (χ0) is 21.8. The van der Waals surface area contributed by atoms with Crippen LogP contribution in [0.5, 0.6) is 23.0 Å². The zero-order valence-electron chi connectivity index (χ0n) is 17.5. The summed E-state index contributed by atoms with van der Waals surface area (Å²) in [6.07, 6.45) is 1.85. The van der Waals surface area contributed by atoms with Crippen LogP contribution in [-0.2, 0) is 0 Å². The Labute approximate surface area is 185 Å². The Morgan fingerprint density at radius 3 is 2.81 bits per heavy atom. The average Bonchev–Trinajstić information content (AvgIpc) is 3.42. The van der Waals surface area contributed by atoms with Gasteiger partial charge in [-0.15, -0.1) is 11.3 Å². The summed E-state index contributed by atoms with van der Waals surface area (Å²) in [5.74, 6) is 2.77. The number of allylic oxidation sites excluding steroid dienone is 1. The number of ether oxygens (including phenoxy) is 4. The van der Waals surface area contributed by atoms with E-state index in [1.807, 2.05) is 68.6 Å². The summed E-state index contributed by atoms with van der Waals surface area (Å²) in [7, 11) is 0. The lowest BCUT2D eigenvalue weighted by atomic mass is 10.1. The van der Waals surface area contributed by atoms with Crippen LogP contribution in [0.15, 0.2) is 41.8 Å². The number of nitrogens with zero attached hydrogens (tertiary/aromatic N) is 2. The first kappa shape index (κ1) is 20.8. The van der Waals surface area contributed by atoms with Gasteiger partial charge in [0.2, 0.25) is 6.79 Å². The molecule has 0 unspecified atom stereocenters.